The first-order valence-corrected chi connectivity index (χ1v) is 6.86. The molecule has 0 unspecified atom stereocenters. The highest BCUT2D eigenvalue weighted by Crippen LogP contribution is 2.11. The van der Waals surface area contributed by atoms with Crippen molar-refractivity contribution in [3.05, 3.63) is 41.6 Å². The molecule has 0 saturated heterocycles. The van der Waals surface area contributed by atoms with E-state index in [1.807, 2.05) is 38.2 Å². The molecule has 2 rings (SSSR count). The van der Waals surface area contributed by atoms with Gasteiger partial charge in [0.2, 0.25) is 11.8 Å². The van der Waals surface area contributed by atoms with Crippen LogP contribution < -0.4 is 4.74 Å². The van der Waals surface area contributed by atoms with E-state index in [0.717, 1.165) is 18.7 Å². The van der Waals surface area contributed by atoms with Crippen LogP contribution in [0.3, 0.4) is 0 Å². The molecule has 0 N–H and O–H groups in total. The van der Waals surface area contributed by atoms with Crippen LogP contribution in [0.5, 0.6) is 5.75 Å². The molecule has 0 aliphatic carbocycles. The normalized spacial score (nSPS) is 11.0. The topological polar surface area (TPSA) is 51.4 Å². The number of rotatable bonds is 7. The van der Waals surface area contributed by atoms with Gasteiger partial charge in [-0.25, -0.2) is 0 Å². The van der Waals surface area contributed by atoms with E-state index in [9.17, 15) is 0 Å². The number of aryl methyl sites for hydroxylation is 2. The van der Waals surface area contributed by atoms with Crippen LogP contribution >= 0.6 is 0 Å². The van der Waals surface area contributed by atoms with Gasteiger partial charge in [0.1, 0.15) is 12.4 Å². The van der Waals surface area contributed by atoms with Crippen molar-refractivity contribution in [2.45, 2.75) is 26.8 Å². The predicted octanol–water partition coefficient (Wildman–Crippen LogP) is 2.45. The molecule has 20 heavy (non-hydrogen) atoms. The maximum Gasteiger partial charge on any atom is 0.230 e. The minimum absolute atomic E-state index is 0.633. The van der Waals surface area contributed by atoms with E-state index in [0.29, 0.717) is 24.9 Å². The van der Waals surface area contributed by atoms with Gasteiger partial charge >= 0.3 is 0 Å². The molecule has 0 saturated carbocycles. The van der Waals surface area contributed by atoms with Gasteiger partial charge in [-0.2, -0.15) is 0 Å². The Kier molecular flexibility index (Phi) is 5.12. The van der Waals surface area contributed by atoms with Gasteiger partial charge in [0.15, 0.2) is 0 Å². The van der Waals surface area contributed by atoms with Crippen molar-refractivity contribution < 1.29 is 9.15 Å². The van der Waals surface area contributed by atoms with Gasteiger partial charge in [-0.3, -0.25) is 4.90 Å². The quantitative estimate of drug-likeness (QED) is 0.777. The lowest BCUT2D eigenvalue weighted by molar-refractivity contribution is 0.218. The first-order chi connectivity index (χ1) is 9.67. The summed E-state index contributed by atoms with van der Waals surface area (Å²) in [6, 6.07) is 8.06. The number of nitrogens with zero attached hydrogens (tertiary/aromatic N) is 3. The Bertz CT molecular complexity index is 522. The summed E-state index contributed by atoms with van der Waals surface area (Å²) < 4.78 is 11.2. The molecule has 0 aliphatic rings. The van der Waals surface area contributed by atoms with Gasteiger partial charge in [-0.05, 0) is 26.1 Å². The van der Waals surface area contributed by atoms with Gasteiger partial charge in [0, 0.05) is 13.0 Å². The van der Waals surface area contributed by atoms with Gasteiger partial charge in [-0.1, -0.05) is 24.6 Å². The summed E-state index contributed by atoms with van der Waals surface area (Å²) >= 11 is 0. The van der Waals surface area contributed by atoms with E-state index in [1.54, 1.807) is 0 Å². The molecule has 0 atom stereocenters. The summed E-state index contributed by atoms with van der Waals surface area (Å²) in [6.45, 7) is 6.14. The van der Waals surface area contributed by atoms with Crippen LogP contribution in [-0.4, -0.2) is 35.3 Å². The van der Waals surface area contributed by atoms with Crippen molar-refractivity contribution in [2.24, 2.45) is 0 Å². The fourth-order valence-corrected chi connectivity index (χ4v) is 1.76. The van der Waals surface area contributed by atoms with Gasteiger partial charge < -0.3 is 9.15 Å². The van der Waals surface area contributed by atoms with Crippen molar-refractivity contribution in [3.8, 4) is 5.75 Å². The van der Waals surface area contributed by atoms with Crippen LogP contribution in [0.15, 0.2) is 28.7 Å². The molecular weight excluding hydrogens is 254 g/mol. The van der Waals surface area contributed by atoms with Crippen molar-refractivity contribution >= 4 is 0 Å². The minimum atomic E-state index is 0.633. The van der Waals surface area contributed by atoms with E-state index in [2.05, 4.69) is 22.0 Å². The maximum absolute atomic E-state index is 5.69. The zero-order valence-electron chi connectivity index (χ0n) is 12.3. The van der Waals surface area contributed by atoms with Crippen LogP contribution in [0.2, 0.25) is 0 Å². The number of hydrogen-bond donors (Lipinski definition) is 0. The Morgan fingerprint density at radius 1 is 1.15 bits per heavy atom. The smallest absolute Gasteiger partial charge is 0.230 e. The third-order valence-corrected chi connectivity index (χ3v) is 2.98. The zero-order valence-corrected chi connectivity index (χ0v) is 12.3. The minimum Gasteiger partial charge on any atom is -0.492 e. The Hall–Kier alpha value is -1.88. The molecule has 0 radical (unpaired) electrons. The molecule has 0 spiro atoms. The molecular formula is C15H21N3O2. The predicted molar refractivity (Wildman–Crippen MR) is 76.7 cm³/mol. The highest BCUT2D eigenvalue weighted by atomic mass is 16.5. The summed E-state index contributed by atoms with van der Waals surface area (Å²) in [5.41, 5.74) is 1.23. The Labute approximate surface area is 119 Å². The van der Waals surface area contributed by atoms with Crippen LogP contribution in [0.25, 0.3) is 0 Å². The lowest BCUT2D eigenvalue weighted by Gasteiger charge is -2.14. The van der Waals surface area contributed by atoms with Gasteiger partial charge in [-0.15, -0.1) is 10.2 Å². The van der Waals surface area contributed by atoms with Crippen molar-refractivity contribution in [1.29, 1.82) is 0 Å². The first kappa shape index (κ1) is 14.5. The summed E-state index contributed by atoms with van der Waals surface area (Å²) in [5.74, 6) is 2.24. The Morgan fingerprint density at radius 3 is 2.50 bits per heavy atom. The standard InChI is InChI=1S/C15H21N3O2/c1-4-14-16-17-15(20-14)11-18(3)9-10-19-13-7-5-12(2)6-8-13/h5-8H,4,9-11H2,1-3H3. The second-order valence-corrected chi connectivity index (χ2v) is 4.84. The highest BCUT2D eigenvalue weighted by molar-refractivity contribution is 5.26. The van der Waals surface area contributed by atoms with E-state index < -0.39 is 0 Å². The summed E-state index contributed by atoms with van der Waals surface area (Å²) in [5, 5.41) is 7.95. The Balaban J connectivity index is 1.72. The summed E-state index contributed by atoms with van der Waals surface area (Å²) in [6.07, 6.45) is 0.771. The second kappa shape index (κ2) is 7.05. The second-order valence-electron chi connectivity index (χ2n) is 4.84. The van der Waals surface area contributed by atoms with Crippen LogP contribution in [-0.2, 0) is 13.0 Å². The van der Waals surface area contributed by atoms with Crippen molar-refractivity contribution in [1.82, 2.24) is 15.1 Å². The maximum atomic E-state index is 5.69. The first-order valence-electron chi connectivity index (χ1n) is 6.86. The third-order valence-electron chi connectivity index (χ3n) is 2.98. The van der Waals surface area contributed by atoms with Crippen molar-refractivity contribution in [3.63, 3.8) is 0 Å². The molecule has 0 fully saturated rings. The molecule has 5 nitrogen and oxygen atoms in total. The lowest BCUT2D eigenvalue weighted by atomic mass is 10.2. The van der Waals surface area contributed by atoms with Gasteiger partial charge in [0.25, 0.3) is 0 Å². The van der Waals surface area contributed by atoms with E-state index in [-0.39, 0.29) is 0 Å². The average molecular weight is 275 g/mol. The van der Waals surface area contributed by atoms with Gasteiger partial charge in [0.05, 0.1) is 6.54 Å². The third kappa shape index (κ3) is 4.35. The molecule has 108 valence electrons. The number of hydrogen-bond acceptors (Lipinski definition) is 5. The van der Waals surface area contributed by atoms with E-state index in [1.165, 1.54) is 5.56 Å². The SMILES string of the molecule is CCc1nnc(CN(C)CCOc2ccc(C)cc2)o1. The molecule has 1 aromatic heterocycles. The van der Waals surface area contributed by atoms with Crippen molar-refractivity contribution in [2.75, 3.05) is 20.2 Å². The molecule has 2 aromatic rings. The zero-order chi connectivity index (χ0) is 14.4. The molecule has 0 amide bonds. The highest BCUT2D eigenvalue weighted by Gasteiger charge is 2.07. The van der Waals surface area contributed by atoms with Crippen LogP contribution in [0.1, 0.15) is 24.3 Å². The molecule has 0 bridgehead atoms. The fraction of sp³-hybridized carbons (Fsp3) is 0.467. The van der Waals surface area contributed by atoms with Crippen LogP contribution in [0, 0.1) is 6.92 Å². The Morgan fingerprint density at radius 2 is 1.85 bits per heavy atom. The molecule has 1 heterocycles. The van der Waals surface area contributed by atoms with E-state index >= 15 is 0 Å². The van der Waals surface area contributed by atoms with E-state index in [4.69, 9.17) is 9.15 Å². The number of aromatic nitrogens is 2. The summed E-state index contributed by atoms with van der Waals surface area (Å²) in [4.78, 5) is 2.10. The summed E-state index contributed by atoms with van der Waals surface area (Å²) in [7, 11) is 2.01. The van der Waals surface area contributed by atoms with Crippen LogP contribution in [0.4, 0.5) is 0 Å². The molecule has 0 aliphatic heterocycles. The number of benzene rings is 1. The lowest BCUT2D eigenvalue weighted by Crippen LogP contribution is -2.24. The monoisotopic (exact) mass is 275 g/mol. The average Bonchev–Trinajstić information content (AvgIpc) is 2.88. The molecule has 1 aromatic carbocycles. The number of likely N-dealkylation sites (N-methyl/N-ethyl adjacent to an activating group) is 1. The fourth-order valence-electron chi connectivity index (χ4n) is 1.76. The number of ether oxygens (including phenoxy) is 1. The molecule has 5 heteroatoms. The largest absolute Gasteiger partial charge is 0.492 e.